The summed E-state index contributed by atoms with van der Waals surface area (Å²) in [5.74, 6) is 0.176. The molecule has 1 aromatic carbocycles. The van der Waals surface area contributed by atoms with E-state index in [1.165, 1.54) is 19.4 Å². The Balaban J connectivity index is 2.21. The maximum absolute atomic E-state index is 11.8. The zero-order valence-corrected chi connectivity index (χ0v) is 9.66. The first-order chi connectivity index (χ1) is 8.70. The Labute approximate surface area is 103 Å². The van der Waals surface area contributed by atoms with Gasteiger partial charge in [-0.3, -0.25) is 0 Å². The summed E-state index contributed by atoms with van der Waals surface area (Å²) in [4.78, 5) is 19.3. The zero-order chi connectivity index (χ0) is 13.0. The lowest BCUT2D eigenvalue weighted by Crippen LogP contribution is -2.14. The summed E-state index contributed by atoms with van der Waals surface area (Å²) in [6.45, 7) is 0. The molecule has 2 aromatic rings. The number of aromatic nitrogens is 2. The second-order valence-corrected chi connectivity index (χ2v) is 3.35. The number of nitrogens with two attached hydrogens (primary N) is 1. The van der Waals surface area contributed by atoms with Crippen LogP contribution in [0.1, 0.15) is 10.6 Å². The fourth-order valence-electron chi connectivity index (χ4n) is 1.32. The van der Waals surface area contributed by atoms with Crippen molar-refractivity contribution in [1.82, 2.24) is 9.97 Å². The first-order valence-corrected chi connectivity index (χ1v) is 5.14. The highest BCUT2D eigenvalue weighted by atomic mass is 16.6. The van der Waals surface area contributed by atoms with Crippen LogP contribution < -0.4 is 15.2 Å². The van der Waals surface area contributed by atoms with Gasteiger partial charge >= 0.3 is 5.97 Å². The van der Waals surface area contributed by atoms with E-state index in [0.717, 1.165) is 0 Å². The number of carbonyl (C=O) groups is 1. The lowest BCUT2D eigenvalue weighted by molar-refractivity contribution is 0.0717. The number of ether oxygens (including phenoxy) is 2. The lowest BCUT2D eigenvalue weighted by Gasteiger charge is -2.07. The highest BCUT2D eigenvalue weighted by Gasteiger charge is 2.14. The molecular formula is C12H11N3O3. The maximum Gasteiger partial charge on any atom is 0.381 e. The summed E-state index contributed by atoms with van der Waals surface area (Å²) in [5.41, 5.74) is 5.46. The topological polar surface area (TPSA) is 87.3 Å². The number of hydrogen-bond donors (Lipinski definition) is 1. The third-order valence-electron chi connectivity index (χ3n) is 2.13. The highest BCUT2D eigenvalue weighted by Crippen LogP contribution is 2.26. The third kappa shape index (κ3) is 2.54. The molecule has 0 bridgehead atoms. The molecule has 0 atom stereocenters. The van der Waals surface area contributed by atoms with Crippen molar-refractivity contribution in [2.45, 2.75) is 0 Å². The van der Waals surface area contributed by atoms with Crippen molar-refractivity contribution in [2.75, 3.05) is 12.8 Å². The van der Waals surface area contributed by atoms with Crippen LogP contribution in [0.2, 0.25) is 0 Å². The van der Waals surface area contributed by atoms with E-state index in [0.29, 0.717) is 11.5 Å². The van der Waals surface area contributed by atoms with Crippen molar-refractivity contribution >= 4 is 11.8 Å². The van der Waals surface area contributed by atoms with E-state index in [-0.39, 0.29) is 11.6 Å². The van der Waals surface area contributed by atoms with Crippen LogP contribution in [-0.4, -0.2) is 23.0 Å². The molecule has 92 valence electrons. The van der Waals surface area contributed by atoms with Gasteiger partial charge in [-0.2, -0.15) is 0 Å². The monoisotopic (exact) mass is 245 g/mol. The Morgan fingerprint density at radius 3 is 2.61 bits per heavy atom. The van der Waals surface area contributed by atoms with Crippen molar-refractivity contribution in [3.8, 4) is 11.5 Å². The molecule has 1 heterocycles. The smallest absolute Gasteiger partial charge is 0.381 e. The number of nitrogen functional groups attached to an aromatic ring is 1. The standard InChI is InChI=1S/C12H11N3O3/c1-17-8-4-2-3-5-9(8)18-12(16)11-14-7-6-10(13)15-11/h2-7H,1H3,(H2,13,14,15). The molecule has 0 saturated carbocycles. The van der Waals surface area contributed by atoms with Gasteiger partial charge in [0, 0.05) is 6.20 Å². The fourth-order valence-corrected chi connectivity index (χ4v) is 1.32. The SMILES string of the molecule is COc1ccccc1OC(=O)c1nccc(N)n1. The molecule has 0 amide bonds. The maximum atomic E-state index is 11.8. The Morgan fingerprint density at radius 2 is 1.94 bits per heavy atom. The van der Waals surface area contributed by atoms with Crippen molar-refractivity contribution in [3.63, 3.8) is 0 Å². The molecule has 0 saturated heterocycles. The van der Waals surface area contributed by atoms with E-state index in [1.807, 2.05) is 0 Å². The summed E-state index contributed by atoms with van der Waals surface area (Å²) in [7, 11) is 1.49. The van der Waals surface area contributed by atoms with Crippen molar-refractivity contribution < 1.29 is 14.3 Å². The molecular weight excluding hydrogens is 234 g/mol. The van der Waals surface area contributed by atoms with Crippen molar-refractivity contribution in [1.29, 1.82) is 0 Å². The van der Waals surface area contributed by atoms with E-state index >= 15 is 0 Å². The molecule has 2 rings (SSSR count). The molecule has 0 radical (unpaired) electrons. The molecule has 6 nitrogen and oxygen atoms in total. The number of rotatable bonds is 3. The van der Waals surface area contributed by atoms with Crippen LogP contribution >= 0.6 is 0 Å². The van der Waals surface area contributed by atoms with E-state index in [4.69, 9.17) is 15.2 Å². The minimum atomic E-state index is -0.688. The van der Waals surface area contributed by atoms with Gasteiger partial charge in [0.1, 0.15) is 5.82 Å². The van der Waals surface area contributed by atoms with E-state index < -0.39 is 5.97 Å². The first-order valence-electron chi connectivity index (χ1n) is 5.14. The Bertz CT molecular complexity index is 572. The molecule has 0 aliphatic carbocycles. The minimum absolute atomic E-state index is 0.0964. The van der Waals surface area contributed by atoms with Gasteiger partial charge in [0.05, 0.1) is 7.11 Å². The molecule has 6 heteroatoms. The summed E-state index contributed by atoms with van der Waals surface area (Å²) in [6, 6.07) is 8.28. The number of nitrogens with zero attached hydrogens (tertiary/aromatic N) is 2. The Morgan fingerprint density at radius 1 is 1.22 bits per heavy atom. The molecule has 2 N–H and O–H groups in total. The fraction of sp³-hybridized carbons (Fsp3) is 0.0833. The van der Waals surface area contributed by atoms with Gasteiger partial charge in [-0.05, 0) is 18.2 Å². The summed E-state index contributed by atoms with van der Waals surface area (Å²) < 4.78 is 10.2. The van der Waals surface area contributed by atoms with Crippen molar-refractivity contribution in [2.24, 2.45) is 0 Å². The first kappa shape index (κ1) is 11.8. The molecule has 0 fully saturated rings. The lowest BCUT2D eigenvalue weighted by atomic mass is 10.3. The highest BCUT2D eigenvalue weighted by molar-refractivity contribution is 5.87. The third-order valence-corrected chi connectivity index (χ3v) is 2.13. The van der Waals surface area contributed by atoms with Crippen LogP contribution in [-0.2, 0) is 0 Å². The van der Waals surface area contributed by atoms with Gasteiger partial charge in [-0.1, -0.05) is 12.1 Å². The van der Waals surface area contributed by atoms with Crippen LogP contribution in [0.15, 0.2) is 36.5 Å². The number of methoxy groups -OCH3 is 1. The summed E-state index contributed by atoms with van der Waals surface area (Å²) >= 11 is 0. The van der Waals surface area contributed by atoms with Crippen LogP contribution in [0.3, 0.4) is 0 Å². The van der Waals surface area contributed by atoms with E-state index in [2.05, 4.69) is 9.97 Å². The number of carbonyl (C=O) groups excluding carboxylic acids is 1. The largest absolute Gasteiger partial charge is 0.493 e. The number of benzene rings is 1. The molecule has 0 spiro atoms. The van der Waals surface area contributed by atoms with Crippen LogP contribution in [0.5, 0.6) is 11.5 Å². The zero-order valence-electron chi connectivity index (χ0n) is 9.66. The van der Waals surface area contributed by atoms with Crippen molar-refractivity contribution in [3.05, 3.63) is 42.4 Å². The molecule has 0 unspecified atom stereocenters. The van der Waals surface area contributed by atoms with Gasteiger partial charge < -0.3 is 15.2 Å². The predicted molar refractivity (Wildman–Crippen MR) is 64.4 cm³/mol. The second-order valence-electron chi connectivity index (χ2n) is 3.35. The van der Waals surface area contributed by atoms with Gasteiger partial charge in [-0.25, -0.2) is 14.8 Å². The summed E-state index contributed by atoms with van der Waals surface area (Å²) in [6.07, 6.45) is 1.39. The molecule has 1 aromatic heterocycles. The van der Waals surface area contributed by atoms with E-state index in [9.17, 15) is 4.79 Å². The quantitative estimate of drug-likeness (QED) is 0.647. The number of esters is 1. The predicted octanol–water partition coefficient (Wildman–Crippen LogP) is 1.29. The van der Waals surface area contributed by atoms with Crippen LogP contribution in [0.4, 0.5) is 5.82 Å². The number of hydrogen-bond acceptors (Lipinski definition) is 6. The van der Waals surface area contributed by atoms with Gasteiger partial charge in [-0.15, -0.1) is 0 Å². The normalized spacial score (nSPS) is 9.83. The molecule has 0 aliphatic heterocycles. The van der Waals surface area contributed by atoms with Gasteiger partial charge in [0.2, 0.25) is 5.82 Å². The van der Waals surface area contributed by atoms with Gasteiger partial charge in [0.15, 0.2) is 11.5 Å². The Hall–Kier alpha value is -2.63. The second kappa shape index (κ2) is 5.13. The average Bonchev–Trinajstić information content (AvgIpc) is 2.39. The number of para-hydroxylation sites is 2. The van der Waals surface area contributed by atoms with E-state index in [1.54, 1.807) is 24.3 Å². The van der Waals surface area contributed by atoms with Gasteiger partial charge in [0.25, 0.3) is 0 Å². The Kier molecular flexibility index (Phi) is 3.38. The number of anilines is 1. The van der Waals surface area contributed by atoms with Crippen LogP contribution in [0.25, 0.3) is 0 Å². The van der Waals surface area contributed by atoms with Crippen LogP contribution in [0, 0.1) is 0 Å². The average molecular weight is 245 g/mol. The summed E-state index contributed by atoms with van der Waals surface area (Å²) in [5, 5.41) is 0. The minimum Gasteiger partial charge on any atom is -0.493 e. The molecule has 0 aliphatic rings. The molecule has 18 heavy (non-hydrogen) atoms.